The summed E-state index contributed by atoms with van der Waals surface area (Å²) in [6, 6.07) is 0. The molecule has 0 bridgehead atoms. The summed E-state index contributed by atoms with van der Waals surface area (Å²) in [6.07, 6.45) is 10.4. The molecule has 2 saturated heterocycles. The van der Waals surface area contributed by atoms with E-state index in [9.17, 15) is 9.90 Å². The van der Waals surface area contributed by atoms with Crippen LogP contribution in [0.1, 0.15) is 107 Å². The van der Waals surface area contributed by atoms with E-state index >= 15 is 0 Å². The first kappa shape index (κ1) is 28.1. The van der Waals surface area contributed by atoms with Crippen molar-refractivity contribution in [1.29, 1.82) is 0 Å². The van der Waals surface area contributed by atoms with Crippen molar-refractivity contribution in [3.8, 4) is 0 Å². The van der Waals surface area contributed by atoms with E-state index < -0.39 is 22.8 Å². The van der Waals surface area contributed by atoms with Gasteiger partial charge in [0.1, 0.15) is 0 Å². The second-order valence-corrected chi connectivity index (χ2v) is 15.8. The zero-order valence-electron chi connectivity index (χ0n) is 25.6. The third-order valence-corrected chi connectivity index (χ3v) is 11.4. The highest BCUT2D eigenvalue weighted by Crippen LogP contribution is 2.67. The number of fused-ring (bicyclic) bond motifs is 6. The van der Waals surface area contributed by atoms with E-state index in [1.807, 2.05) is 47.6 Å². The van der Waals surface area contributed by atoms with Crippen LogP contribution in [0.25, 0.3) is 0 Å². The Morgan fingerprint density at radius 3 is 2.36 bits per heavy atom. The molecule has 0 radical (unpaired) electrons. The van der Waals surface area contributed by atoms with Crippen LogP contribution in [0.4, 0.5) is 0 Å². The van der Waals surface area contributed by atoms with E-state index in [-0.39, 0.29) is 46.8 Å². The fourth-order valence-electron chi connectivity index (χ4n) is 9.83. The monoisotopic (exact) mass is 542 g/mol. The Morgan fingerprint density at radius 1 is 0.974 bits per heavy atom. The molecule has 39 heavy (non-hydrogen) atoms. The van der Waals surface area contributed by atoms with Crippen LogP contribution in [0.15, 0.2) is 23.3 Å². The average molecular weight is 543 g/mol. The van der Waals surface area contributed by atoms with E-state index in [4.69, 9.17) is 18.9 Å². The van der Waals surface area contributed by atoms with Gasteiger partial charge in [-0.3, -0.25) is 4.79 Å². The molecule has 2 aliphatic heterocycles. The normalized spacial score (nSPS) is 48.1. The number of ether oxygens (including phenoxy) is 4. The first-order valence-corrected chi connectivity index (χ1v) is 15.3. The maximum Gasteiger partial charge on any atom is 0.164 e. The lowest BCUT2D eigenvalue weighted by molar-refractivity contribution is -0.177. The maximum atomic E-state index is 13.8. The molecular weight excluding hydrogens is 492 g/mol. The minimum absolute atomic E-state index is 0.00422. The highest BCUT2D eigenvalue weighted by Gasteiger charge is 2.65. The zero-order chi connectivity index (χ0) is 28.4. The van der Waals surface area contributed by atoms with Gasteiger partial charge >= 0.3 is 0 Å². The minimum atomic E-state index is -0.750. The van der Waals surface area contributed by atoms with E-state index in [1.54, 1.807) is 0 Å². The summed E-state index contributed by atoms with van der Waals surface area (Å²) in [5.41, 5.74) is 1.17. The Bertz CT molecular complexity index is 1110. The SMILES string of the molecule is CC(C)(O)CC[C@@H]1OC(C)(C)O[C@]1(C)[C@@H]1CC=C2C3=CC(=O)[C@@H]4C[C@H]5OC(C)(C)O[C@H]5C[C@]4(C)[C@@H]3CC[C@@]21C. The number of aliphatic hydroxyl groups is 1. The molecule has 2 heterocycles. The minimum Gasteiger partial charge on any atom is -0.390 e. The Morgan fingerprint density at radius 2 is 1.67 bits per heavy atom. The zero-order valence-corrected chi connectivity index (χ0v) is 25.6. The Balaban J connectivity index is 1.30. The summed E-state index contributed by atoms with van der Waals surface area (Å²) in [5.74, 6) is -0.421. The summed E-state index contributed by atoms with van der Waals surface area (Å²) < 4.78 is 25.9. The van der Waals surface area contributed by atoms with Gasteiger partial charge in [0.05, 0.1) is 29.5 Å². The number of allylic oxidation sites excluding steroid dienone is 4. The highest BCUT2D eigenvalue weighted by atomic mass is 16.8. The standard InChI is InChI=1S/C33H50O6/c1-28(2,35)14-13-27-33(9,39-30(5,6)38-27)26-11-10-20-19-16-23(34)22-17-24-25(37-29(3,4)36-24)18-32(22,8)21(19)12-15-31(20,26)7/h10,16,21-22,24-27,35H,11-15,17-18H2,1-9H3/t21-,22+,24-,25+,26-,27+,31+,32-,33-/m1/s1. The number of ketones is 1. The molecular formula is C33H50O6. The Hall–Kier alpha value is -1.05. The molecule has 0 amide bonds. The molecule has 6 nitrogen and oxygen atoms in total. The lowest BCUT2D eigenvalue weighted by atomic mass is 9.48. The first-order chi connectivity index (χ1) is 17.9. The molecule has 4 aliphatic carbocycles. The van der Waals surface area contributed by atoms with Gasteiger partial charge in [0, 0.05) is 11.8 Å². The van der Waals surface area contributed by atoms with Crippen LogP contribution in [0.5, 0.6) is 0 Å². The fourth-order valence-corrected chi connectivity index (χ4v) is 9.83. The molecule has 0 spiro atoms. The van der Waals surface area contributed by atoms with Gasteiger partial charge in [-0.15, -0.1) is 0 Å². The molecule has 218 valence electrons. The molecule has 6 heteroatoms. The summed E-state index contributed by atoms with van der Waals surface area (Å²) in [7, 11) is 0. The number of carbonyl (C=O) groups excluding carboxylic acids is 1. The fraction of sp³-hybridized carbons (Fsp3) is 0.848. The van der Waals surface area contributed by atoms with Crippen LogP contribution < -0.4 is 0 Å². The third-order valence-electron chi connectivity index (χ3n) is 11.4. The number of hydrogen-bond donors (Lipinski definition) is 1. The molecule has 4 fully saturated rings. The van der Waals surface area contributed by atoms with Crippen molar-refractivity contribution in [1.82, 2.24) is 0 Å². The highest BCUT2D eigenvalue weighted by molar-refractivity contribution is 5.95. The van der Waals surface area contributed by atoms with E-state index in [0.717, 1.165) is 38.5 Å². The summed E-state index contributed by atoms with van der Waals surface area (Å²) >= 11 is 0. The molecule has 0 aromatic rings. The van der Waals surface area contributed by atoms with Crippen molar-refractivity contribution in [2.24, 2.45) is 28.6 Å². The predicted molar refractivity (Wildman–Crippen MR) is 149 cm³/mol. The van der Waals surface area contributed by atoms with Crippen molar-refractivity contribution >= 4 is 5.78 Å². The van der Waals surface area contributed by atoms with Crippen molar-refractivity contribution in [2.45, 2.75) is 148 Å². The van der Waals surface area contributed by atoms with Gasteiger partial charge in [-0.2, -0.15) is 0 Å². The van der Waals surface area contributed by atoms with Gasteiger partial charge in [0.25, 0.3) is 0 Å². The van der Waals surface area contributed by atoms with E-state index in [1.165, 1.54) is 11.1 Å². The van der Waals surface area contributed by atoms with Gasteiger partial charge in [0.15, 0.2) is 17.4 Å². The second-order valence-electron chi connectivity index (χ2n) is 15.8. The molecule has 9 atom stereocenters. The van der Waals surface area contributed by atoms with Gasteiger partial charge < -0.3 is 24.1 Å². The quantitative estimate of drug-likeness (QED) is 0.452. The van der Waals surface area contributed by atoms with Crippen molar-refractivity contribution in [3.05, 3.63) is 23.3 Å². The summed E-state index contributed by atoms with van der Waals surface area (Å²) in [4.78, 5) is 13.8. The summed E-state index contributed by atoms with van der Waals surface area (Å²) in [6.45, 7) is 18.7. The number of hydrogen-bond acceptors (Lipinski definition) is 6. The molecule has 1 N–H and O–H groups in total. The Labute approximate surface area is 234 Å². The van der Waals surface area contributed by atoms with Crippen molar-refractivity contribution in [2.75, 3.05) is 0 Å². The average Bonchev–Trinajstić information content (AvgIpc) is 3.37. The van der Waals surface area contributed by atoms with Crippen LogP contribution in [0.3, 0.4) is 0 Å². The van der Waals surface area contributed by atoms with Crippen LogP contribution in [0, 0.1) is 28.6 Å². The second kappa shape index (κ2) is 8.50. The van der Waals surface area contributed by atoms with Gasteiger partial charge in [0.2, 0.25) is 0 Å². The van der Waals surface area contributed by atoms with Crippen molar-refractivity contribution < 1.29 is 28.8 Å². The first-order valence-electron chi connectivity index (χ1n) is 15.3. The number of rotatable bonds is 4. The molecule has 6 rings (SSSR count). The Kier molecular flexibility index (Phi) is 6.12. The van der Waals surface area contributed by atoms with Crippen molar-refractivity contribution in [3.63, 3.8) is 0 Å². The smallest absolute Gasteiger partial charge is 0.164 e. The topological polar surface area (TPSA) is 74.2 Å². The van der Waals surface area contributed by atoms with Crippen LogP contribution in [-0.2, 0) is 23.7 Å². The third kappa shape index (κ3) is 4.34. The largest absolute Gasteiger partial charge is 0.390 e. The lowest BCUT2D eigenvalue weighted by Gasteiger charge is -2.57. The molecule has 0 aromatic carbocycles. The molecule has 2 saturated carbocycles. The van der Waals surface area contributed by atoms with Gasteiger partial charge in [-0.25, -0.2) is 0 Å². The van der Waals surface area contributed by atoms with Gasteiger partial charge in [-0.1, -0.05) is 19.9 Å². The lowest BCUT2D eigenvalue weighted by Crippen LogP contribution is -2.56. The van der Waals surface area contributed by atoms with Crippen LogP contribution in [-0.4, -0.2) is 52.0 Å². The molecule has 0 aromatic heterocycles. The number of carbonyl (C=O) groups is 1. The van der Waals surface area contributed by atoms with Crippen LogP contribution >= 0.6 is 0 Å². The molecule has 6 aliphatic rings. The van der Waals surface area contributed by atoms with Crippen LogP contribution in [0.2, 0.25) is 0 Å². The van der Waals surface area contributed by atoms with E-state index in [2.05, 4.69) is 26.8 Å². The summed E-state index contributed by atoms with van der Waals surface area (Å²) in [5, 5.41) is 10.5. The van der Waals surface area contributed by atoms with Gasteiger partial charge in [-0.05, 0) is 127 Å². The van der Waals surface area contributed by atoms with E-state index in [0.29, 0.717) is 12.3 Å². The predicted octanol–water partition coefficient (Wildman–Crippen LogP) is 6.26. The molecule has 0 unspecified atom stereocenters. The maximum absolute atomic E-state index is 13.8.